The molecule has 0 fully saturated rings. The standard InChI is InChI=1S/C14H20N2O3S/c1-9(7-8-20-4)16(3)13(17)12-6-5-11(14(18)19)10(2)15-12/h5-6,9H,7-8H2,1-4H3,(H,18,19). The zero-order chi connectivity index (χ0) is 15.3. The first kappa shape index (κ1) is 16.5. The Kier molecular flexibility index (Phi) is 6.01. The van der Waals surface area contributed by atoms with Crippen LogP contribution in [0.1, 0.15) is 39.9 Å². The summed E-state index contributed by atoms with van der Waals surface area (Å²) in [5.41, 5.74) is 0.763. The molecule has 1 aromatic heterocycles. The summed E-state index contributed by atoms with van der Waals surface area (Å²) in [6.45, 7) is 3.59. The second-order valence-electron chi connectivity index (χ2n) is 4.68. The number of rotatable bonds is 6. The summed E-state index contributed by atoms with van der Waals surface area (Å²) in [6, 6.07) is 3.02. The molecule has 1 atom stereocenters. The minimum Gasteiger partial charge on any atom is -0.478 e. The molecule has 20 heavy (non-hydrogen) atoms. The molecule has 1 N–H and O–H groups in total. The molecule has 0 spiro atoms. The number of thioether (sulfide) groups is 1. The van der Waals surface area contributed by atoms with E-state index in [2.05, 4.69) is 4.98 Å². The molecule has 0 bridgehead atoms. The lowest BCUT2D eigenvalue weighted by Gasteiger charge is -2.24. The molecular formula is C14H20N2O3S. The average molecular weight is 296 g/mol. The van der Waals surface area contributed by atoms with Crippen LogP contribution in [0.5, 0.6) is 0 Å². The van der Waals surface area contributed by atoms with Crippen LogP contribution < -0.4 is 0 Å². The first-order valence-corrected chi connectivity index (χ1v) is 7.75. The van der Waals surface area contributed by atoms with Crippen molar-refractivity contribution < 1.29 is 14.7 Å². The Morgan fingerprint density at radius 1 is 1.45 bits per heavy atom. The molecule has 0 saturated heterocycles. The predicted octanol–water partition coefficient (Wildman–Crippen LogP) is 2.30. The maximum Gasteiger partial charge on any atom is 0.337 e. The monoisotopic (exact) mass is 296 g/mol. The molecule has 0 aromatic carbocycles. The molecule has 5 nitrogen and oxygen atoms in total. The molecule has 110 valence electrons. The molecule has 0 aliphatic heterocycles. The van der Waals surface area contributed by atoms with Crippen LogP contribution in [0.4, 0.5) is 0 Å². The van der Waals surface area contributed by atoms with Gasteiger partial charge < -0.3 is 10.0 Å². The highest BCUT2D eigenvalue weighted by Crippen LogP contribution is 2.12. The van der Waals surface area contributed by atoms with Crippen LogP contribution in [0, 0.1) is 6.92 Å². The van der Waals surface area contributed by atoms with E-state index in [0.717, 1.165) is 12.2 Å². The summed E-state index contributed by atoms with van der Waals surface area (Å²) in [4.78, 5) is 29.0. The zero-order valence-corrected chi connectivity index (χ0v) is 13.0. The fourth-order valence-electron chi connectivity index (χ4n) is 1.77. The largest absolute Gasteiger partial charge is 0.478 e. The SMILES string of the molecule is CSCCC(C)N(C)C(=O)c1ccc(C(=O)O)c(C)n1. The quantitative estimate of drug-likeness (QED) is 0.872. The summed E-state index contributed by atoms with van der Waals surface area (Å²) < 4.78 is 0. The van der Waals surface area contributed by atoms with Crippen LogP contribution in [0.2, 0.25) is 0 Å². The van der Waals surface area contributed by atoms with Crippen molar-refractivity contribution in [2.45, 2.75) is 26.3 Å². The third-order valence-electron chi connectivity index (χ3n) is 3.26. The first-order chi connectivity index (χ1) is 9.38. The summed E-state index contributed by atoms with van der Waals surface area (Å²) in [6.07, 6.45) is 2.94. The number of pyridine rings is 1. The van der Waals surface area contributed by atoms with Crippen LogP contribution in [0.3, 0.4) is 0 Å². The number of carbonyl (C=O) groups is 2. The Bertz CT molecular complexity index is 505. The normalized spacial score (nSPS) is 12.0. The van der Waals surface area contributed by atoms with Gasteiger partial charge in [-0.05, 0) is 44.4 Å². The van der Waals surface area contributed by atoms with Gasteiger partial charge in [-0.15, -0.1) is 0 Å². The van der Waals surface area contributed by atoms with E-state index in [0.29, 0.717) is 5.69 Å². The number of amides is 1. The lowest BCUT2D eigenvalue weighted by Crippen LogP contribution is -2.36. The van der Waals surface area contributed by atoms with Gasteiger partial charge in [0.15, 0.2) is 0 Å². The third kappa shape index (κ3) is 3.96. The molecule has 0 saturated carbocycles. The Morgan fingerprint density at radius 3 is 2.60 bits per heavy atom. The molecule has 0 radical (unpaired) electrons. The highest BCUT2D eigenvalue weighted by molar-refractivity contribution is 7.98. The van der Waals surface area contributed by atoms with Crippen molar-refractivity contribution in [1.82, 2.24) is 9.88 Å². The Morgan fingerprint density at radius 2 is 2.10 bits per heavy atom. The number of nitrogens with zero attached hydrogens (tertiary/aromatic N) is 2. The van der Waals surface area contributed by atoms with Gasteiger partial charge in [-0.3, -0.25) is 4.79 Å². The fourth-order valence-corrected chi connectivity index (χ4v) is 2.35. The summed E-state index contributed by atoms with van der Waals surface area (Å²) in [5, 5.41) is 8.95. The first-order valence-electron chi connectivity index (χ1n) is 6.35. The minimum atomic E-state index is -1.03. The van der Waals surface area contributed by atoms with E-state index in [1.165, 1.54) is 12.1 Å². The van der Waals surface area contributed by atoms with Crippen LogP contribution in [0.25, 0.3) is 0 Å². The van der Waals surface area contributed by atoms with Gasteiger partial charge in [0.2, 0.25) is 0 Å². The van der Waals surface area contributed by atoms with E-state index in [4.69, 9.17) is 5.11 Å². The van der Waals surface area contributed by atoms with Crippen LogP contribution in [0.15, 0.2) is 12.1 Å². The van der Waals surface area contributed by atoms with Crippen molar-refractivity contribution in [3.63, 3.8) is 0 Å². The number of carbonyl (C=O) groups excluding carboxylic acids is 1. The lowest BCUT2D eigenvalue weighted by molar-refractivity contribution is 0.0690. The molecule has 1 amide bonds. The second kappa shape index (κ2) is 7.28. The summed E-state index contributed by atoms with van der Waals surface area (Å²) in [7, 11) is 1.75. The number of hydrogen-bond donors (Lipinski definition) is 1. The van der Waals surface area contributed by atoms with Gasteiger partial charge in [-0.1, -0.05) is 0 Å². The third-order valence-corrected chi connectivity index (χ3v) is 3.90. The molecule has 1 rings (SSSR count). The van der Waals surface area contributed by atoms with Gasteiger partial charge in [0.1, 0.15) is 5.69 Å². The van der Waals surface area contributed by atoms with Gasteiger partial charge in [-0.2, -0.15) is 11.8 Å². The highest BCUT2D eigenvalue weighted by Gasteiger charge is 2.19. The molecule has 0 aliphatic rings. The van der Waals surface area contributed by atoms with Gasteiger partial charge in [-0.25, -0.2) is 9.78 Å². The second-order valence-corrected chi connectivity index (χ2v) is 5.67. The average Bonchev–Trinajstić information content (AvgIpc) is 2.42. The van der Waals surface area contributed by atoms with E-state index < -0.39 is 5.97 Å². The van der Waals surface area contributed by atoms with Crippen molar-refractivity contribution in [3.8, 4) is 0 Å². The number of aromatic nitrogens is 1. The number of hydrogen-bond acceptors (Lipinski definition) is 4. The molecular weight excluding hydrogens is 276 g/mol. The van der Waals surface area contributed by atoms with E-state index in [9.17, 15) is 9.59 Å². The van der Waals surface area contributed by atoms with Crippen molar-refractivity contribution in [2.75, 3.05) is 19.1 Å². The van der Waals surface area contributed by atoms with E-state index in [1.54, 1.807) is 30.6 Å². The van der Waals surface area contributed by atoms with Crippen LogP contribution in [-0.4, -0.2) is 52.0 Å². The fraction of sp³-hybridized carbons (Fsp3) is 0.500. The van der Waals surface area contributed by atoms with Crippen molar-refractivity contribution in [2.24, 2.45) is 0 Å². The minimum absolute atomic E-state index is 0.121. The van der Waals surface area contributed by atoms with Crippen molar-refractivity contribution >= 4 is 23.6 Å². The number of carboxylic acids is 1. The van der Waals surface area contributed by atoms with Gasteiger partial charge >= 0.3 is 5.97 Å². The number of aromatic carboxylic acids is 1. The molecule has 1 aromatic rings. The number of carboxylic acid groups (broad SMARTS) is 1. The summed E-state index contributed by atoms with van der Waals surface area (Å²) in [5.74, 6) is -0.224. The molecule has 6 heteroatoms. The van der Waals surface area contributed by atoms with Gasteiger partial charge in [0.25, 0.3) is 5.91 Å². The molecule has 1 heterocycles. The maximum absolute atomic E-state index is 12.3. The molecule has 1 unspecified atom stereocenters. The van der Waals surface area contributed by atoms with Crippen molar-refractivity contribution in [1.29, 1.82) is 0 Å². The Hall–Kier alpha value is -1.56. The number of aryl methyl sites for hydroxylation is 1. The topological polar surface area (TPSA) is 70.5 Å². The van der Waals surface area contributed by atoms with Crippen LogP contribution in [-0.2, 0) is 0 Å². The lowest BCUT2D eigenvalue weighted by atomic mass is 10.1. The smallest absolute Gasteiger partial charge is 0.337 e. The van der Waals surface area contributed by atoms with Crippen LogP contribution >= 0.6 is 11.8 Å². The Balaban J connectivity index is 2.87. The zero-order valence-electron chi connectivity index (χ0n) is 12.2. The van der Waals surface area contributed by atoms with Gasteiger partial charge in [0.05, 0.1) is 11.3 Å². The molecule has 0 aliphatic carbocycles. The van der Waals surface area contributed by atoms with Crippen molar-refractivity contribution in [3.05, 3.63) is 29.1 Å². The van der Waals surface area contributed by atoms with E-state index in [-0.39, 0.29) is 23.2 Å². The van der Waals surface area contributed by atoms with E-state index in [1.807, 2.05) is 13.2 Å². The predicted molar refractivity (Wildman–Crippen MR) is 80.5 cm³/mol. The summed E-state index contributed by atoms with van der Waals surface area (Å²) >= 11 is 1.74. The highest BCUT2D eigenvalue weighted by atomic mass is 32.2. The maximum atomic E-state index is 12.3. The Labute approximate surface area is 123 Å². The van der Waals surface area contributed by atoms with Gasteiger partial charge in [0, 0.05) is 13.1 Å². The van der Waals surface area contributed by atoms with E-state index >= 15 is 0 Å².